The summed E-state index contributed by atoms with van der Waals surface area (Å²) in [5.41, 5.74) is 4.30. The third-order valence-corrected chi connectivity index (χ3v) is 5.97. The summed E-state index contributed by atoms with van der Waals surface area (Å²) in [5, 5.41) is 0. The molecule has 3 nitrogen and oxygen atoms in total. The lowest BCUT2D eigenvalue weighted by Crippen LogP contribution is -2.30. The normalized spacial score (nSPS) is 19.3. The van der Waals surface area contributed by atoms with Crippen molar-refractivity contribution in [2.45, 2.75) is 13.5 Å². The number of para-hydroxylation sites is 1. The molecule has 1 amide bonds. The summed E-state index contributed by atoms with van der Waals surface area (Å²) in [6.45, 7) is 3.40. The van der Waals surface area contributed by atoms with E-state index < -0.39 is 0 Å². The monoisotopic (exact) mass is 378 g/mol. The predicted octanol–water partition coefficient (Wildman–Crippen LogP) is 4.81. The minimum atomic E-state index is -0.0127. The topological polar surface area (TPSA) is 23.6 Å². The molecule has 2 heterocycles. The summed E-state index contributed by atoms with van der Waals surface area (Å²) in [6, 6.07) is 18.2. The molecule has 0 atom stereocenters. The highest BCUT2D eigenvalue weighted by Gasteiger charge is 2.36. The zero-order valence-electron chi connectivity index (χ0n) is 14.4. The van der Waals surface area contributed by atoms with Crippen molar-refractivity contribution < 1.29 is 4.79 Å². The number of likely N-dealkylation sites (N-methyl/N-ethyl adjacent to an activating group) is 1. The van der Waals surface area contributed by atoms with Crippen LogP contribution in [0.4, 0.5) is 5.69 Å². The van der Waals surface area contributed by atoms with E-state index in [1.165, 1.54) is 11.8 Å². The molecule has 0 aromatic heterocycles. The van der Waals surface area contributed by atoms with Gasteiger partial charge < -0.3 is 4.90 Å². The van der Waals surface area contributed by atoms with Crippen LogP contribution in [0.2, 0.25) is 0 Å². The smallest absolute Gasteiger partial charge is 0.268 e. The first-order valence-corrected chi connectivity index (χ1v) is 9.78. The van der Waals surface area contributed by atoms with Gasteiger partial charge in [-0.1, -0.05) is 78.6 Å². The number of carbonyl (C=O) groups is 1. The largest absolute Gasteiger partial charge is 0.340 e. The van der Waals surface area contributed by atoms with Crippen molar-refractivity contribution in [1.82, 2.24) is 4.90 Å². The Labute approximate surface area is 163 Å². The van der Waals surface area contributed by atoms with E-state index in [0.717, 1.165) is 29.1 Å². The van der Waals surface area contributed by atoms with E-state index in [1.54, 1.807) is 4.90 Å². The zero-order chi connectivity index (χ0) is 18.1. The number of nitrogens with zero attached hydrogens (tertiary/aromatic N) is 2. The van der Waals surface area contributed by atoms with Crippen LogP contribution in [0.5, 0.6) is 0 Å². The summed E-state index contributed by atoms with van der Waals surface area (Å²) < 4.78 is 0.615. The summed E-state index contributed by atoms with van der Waals surface area (Å²) in [7, 11) is 0. The van der Waals surface area contributed by atoms with Gasteiger partial charge in [-0.25, -0.2) is 0 Å². The Morgan fingerprint density at radius 3 is 2.46 bits per heavy atom. The molecule has 1 fully saturated rings. The average molecular weight is 379 g/mol. The number of benzene rings is 2. The van der Waals surface area contributed by atoms with E-state index in [0.29, 0.717) is 15.8 Å². The first kappa shape index (κ1) is 17.1. The Bertz CT molecular complexity index is 934. The van der Waals surface area contributed by atoms with Crippen LogP contribution in [0.3, 0.4) is 0 Å². The highest BCUT2D eigenvalue weighted by atomic mass is 32.2. The number of thiocarbonyl (C=S) groups is 1. The average Bonchev–Trinajstić information content (AvgIpc) is 2.96. The van der Waals surface area contributed by atoms with Crippen LogP contribution in [0.25, 0.3) is 6.08 Å². The van der Waals surface area contributed by atoms with Crippen molar-refractivity contribution in [2.24, 2.45) is 0 Å². The van der Waals surface area contributed by atoms with Crippen molar-refractivity contribution in [3.8, 4) is 0 Å². The van der Waals surface area contributed by atoms with Gasteiger partial charge in [0.1, 0.15) is 9.23 Å². The molecule has 4 rings (SSSR count). The maximum Gasteiger partial charge on any atom is 0.268 e. The molecule has 0 spiro atoms. The third kappa shape index (κ3) is 2.97. The van der Waals surface area contributed by atoms with Gasteiger partial charge in [0.15, 0.2) is 0 Å². The quantitative estimate of drug-likeness (QED) is 0.565. The van der Waals surface area contributed by atoms with Crippen molar-refractivity contribution in [1.29, 1.82) is 0 Å². The highest BCUT2D eigenvalue weighted by molar-refractivity contribution is 8.26. The van der Waals surface area contributed by atoms with E-state index in [-0.39, 0.29) is 5.91 Å². The Morgan fingerprint density at radius 1 is 0.962 bits per heavy atom. The van der Waals surface area contributed by atoms with Crippen LogP contribution in [0, 0.1) is 0 Å². The number of hydrogen-bond acceptors (Lipinski definition) is 4. The summed E-state index contributed by atoms with van der Waals surface area (Å²) in [6.07, 6.45) is 4.10. The van der Waals surface area contributed by atoms with Crippen LogP contribution in [-0.2, 0) is 11.3 Å². The molecule has 0 N–H and O–H groups in total. The third-order valence-electron chi connectivity index (χ3n) is 4.52. The first-order chi connectivity index (χ1) is 12.7. The second-order valence-corrected chi connectivity index (χ2v) is 7.74. The molecule has 2 aromatic carbocycles. The Kier molecular flexibility index (Phi) is 4.66. The molecule has 2 aliphatic rings. The standard InChI is InChI=1S/C21H18N2OS2/c1-2-22-17-11-7-6-10-16(17)12-13-18(22)19-20(24)23(21(25)26-19)14-15-8-4-3-5-9-15/h3-13H,2,14H2,1H3/b19-18-. The fraction of sp³-hybridized carbons (Fsp3) is 0.143. The molecule has 0 saturated carbocycles. The molecule has 0 aliphatic carbocycles. The van der Waals surface area contributed by atoms with Crippen LogP contribution >= 0.6 is 24.0 Å². The van der Waals surface area contributed by atoms with Gasteiger partial charge in [-0.15, -0.1) is 0 Å². The Hall–Kier alpha value is -2.37. The first-order valence-electron chi connectivity index (χ1n) is 8.55. The van der Waals surface area contributed by atoms with Gasteiger partial charge in [-0.3, -0.25) is 9.69 Å². The fourth-order valence-corrected chi connectivity index (χ4v) is 4.57. The second kappa shape index (κ2) is 7.09. The maximum absolute atomic E-state index is 13.1. The molecule has 0 radical (unpaired) electrons. The minimum absolute atomic E-state index is 0.0127. The van der Waals surface area contributed by atoms with Gasteiger partial charge in [0.25, 0.3) is 5.91 Å². The Morgan fingerprint density at radius 2 is 1.69 bits per heavy atom. The van der Waals surface area contributed by atoms with E-state index in [9.17, 15) is 4.79 Å². The van der Waals surface area contributed by atoms with Crippen LogP contribution in [-0.4, -0.2) is 21.7 Å². The van der Waals surface area contributed by atoms with E-state index in [4.69, 9.17) is 12.2 Å². The van der Waals surface area contributed by atoms with Crippen LogP contribution in [0.1, 0.15) is 18.1 Å². The molecule has 5 heteroatoms. The molecule has 0 unspecified atom stereocenters. The zero-order valence-corrected chi connectivity index (χ0v) is 16.0. The Balaban J connectivity index is 1.69. The van der Waals surface area contributed by atoms with Crippen molar-refractivity contribution in [2.75, 3.05) is 11.4 Å². The number of thioether (sulfide) groups is 1. The van der Waals surface area contributed by atoms with Gasteiger partial charge in [-0.2, -0.15) is 0 Å². The molecule has 26 heavy (non-hydrogen) atoms. The SMILES string of the molecule is CCN1/C(=C2\SC(=S)N(Cc3ccccc3)C2=O)C=Cc2ccccc21. The highest BCUT2D eigenvalue weighted by Crippen LogP contribution is 2.39. The second-order valence-electron chi connectivity index (χ2n) is 6.10. The van der Waals surface area contributed by atoms with E-state index in [2.05, 4.69) is 30.0 Å². The number of anilines is 1. The fourth-order valence-electron chi connectivity index (χ4n) is 3.26. The summed E-state index contributed by atoms with van der Waals surface area (Å²) >= 11 is 6.90. The molecular weight excluding hydrogens is 360 g/mol. The van der Waals surface area contributed by atoms with Crippen molar-refractivity contribution in [3.05, 3.63) is 82.4 Å². The van der Waals surface area contributed by atoms with E-state index >= 15 is 0 Å². The lowest BCUT2D eigenvalue weighted by molar-refractivity contribution is -0.122. The number of allylic oxidation sites excluding steroid dienone is 1. The number of fused-ring (bicyclic) bond motifs is 1. The lowest BCUT2D eigenvalue weighted by Gasteiger charge is -2.30. The lowest BCUT2D eigenvalue weighted by atomic mass is 10.1. The molecule has 2 aromatic rings. The van der Waals surface area contributed by atoms with Gasteiger partial charge in [0.2, 0.25) is 0 Å². The molecule has 2 aliphatic heterocycles. The molecule has 130 valence electrons. The molecule has 0 bridgehead atoms. The van der Waals surface area contributed by atoms with Crippen LogP contribution in [0.15, 0.2) is 71.3 Å². The van der Waals surface area contributed by atoms with Gasteiger partial charge in [-0.05, 0) is 30.2 Å². The van der Waals surface area contributed by atoms with Crippen molar-refractivity contribution in [3.63, 3.8) is 0 Å². The number of amides is 1. The van der Waals surface area contributed by atoms with Gasteiger partial charge in [0.05, 0.1) is 12.2 Å². The molecular formula is C21H18N2OS2. The summed E-state index contributed by atoms with van der Waals surface area (Å²) in [4.78, 5) is 17.7. The predicted molar refractivity (Wildman–Crippen MR) is 113 cm³/mol. The van der Waals surface area contributed by atoms with Gasteiger partial charge >= 0.3 is 0 Å². The van der Waals surface area contributed by atoms with E-state index in [1.807, 2.05) is 48.5 Å². The van der Waals surface area contributed by atoms with Crippen LogP contribution < -0.4 is 4.90 Å². The molecule has 1 saturated heterocycles. The number of hydrogen-bond donors (Lipinski definition) is 0. The minimum Gasteiger partial charge on any atom is -0.340 e. The number of carbonyl (C=O) groups excluding carboxylic acids is 1. The summed E-state index contributed by atoms with van der Waals surface area (Å²) in [5.74, 6) is -0.0127. The van der Waals surface area contributed by atoms with Crippen molar-refractivity contribution >= 4 is 46.0 Å². The maximum atomic E-state index is 13.1. The number of rotatable bonds is 3. The van der Waals surface area contributed by atoms with Gasteiger partial charge in [0, 0.05) is 12.2 Å².